The molecule has 1 aromatic heterocycles. The molecule has 1 atom stereocenters. The van der Waals surface area contributed by atoms with Crippen LogP contribution in [0.25, 0.3) is 0 Å². The van der Waals surface area contributed by atoms with Crippen LogP contribution in [0.4, 0.5) is 0 Å². The molecule has 1 aromatic carbocycles. The number of thiophene rings is 1. The first-order valence-corrected chi connectivity index (χ1v) is 10.4. The Morgan fingerprint density at radius 2 is 2.03 bits per heavy atom. The summed E-state index contributed by atoms with van der Waals surface area (Å²) in [6.07, 6.45) is 0.859. The highest BCUT2D eigenvalue weighted by molar-refractivity contribution is 14.0. The number of hydrogen-bond acceptors (Lipinski definition) is 5. The maximum absolute atomic E-state index is 10.7. The van der Waals surface area contributed by atoms with Crippen molar-refractivity contribution in [2.45, 2.75) is 32.4 Å². The Morgan fingerprint density at radius 3 is 2.72 bits per heavy atom. The highest BCUT2D eigenvalue weighted by Crippen LogP contribution is 2.24. The van der Waals surface area contributed by atoms with Crippen molar-refractivity contribution < 1.29 is 14.6 Å². The summed E-state index contributed by atoms with van der Waals surface area (Å²) in [5, 5.41) is 19.1. The minimum atomic E-state index is -0.944. The number of guanidine groups is 1. The van der Waals surface area contributed by atoms with Crippen LogP contribution in [0.3, 0.4) is 0 Å². The maximum atomic E-state index is 10.7. The summed E-state index contributed by atoms with van der Waals surface area (Å²) in [5.41, 5.74) is 0.117. The molecule has 0 bridgehead atoms. The molecule has 1 unspecified atom stereocenters. The molecular weight excluding hydrogens is 501 g/mol. The van der Waals surface area contributed by atoms with Crippen LogP contribution in [0, 0.1) is 0 Å². The standard InChI is InChI=1S/C21H31N3O3S.HI/c1-4-22-20(24-16-21(2,25)19-10-6-13-28-19)23-15-17-8-5-9-18(14-17)27-12-7-11-26-3;/h5-6,8-10,13-14,25H,4,7,11-12,15-16H2,1-3H3,(H2,22,23,24);1H. The Kier molecular flexibility index (Phi) is 12.2. The van der Waals surface area contributed by atoms with Crippen LogP contribution in [0.15, 0.2) is 46.8 Å². The normalized spacial score (nSPS) is 13.3. The van der Waals surface area contributed by atoms with E-state index in [1.807, 2.05) is 48.7 Å². The van der Waals surface area contributed by atoms with Crippen molar-refractivity contribution in [1.29, 1.82) is 0 Å². The van der Waals surface area contributed by atoms with E-state index in [-0.39, 0.29) is 24.0 Å². The zero-order valence-corrected chi connectivity index (χ0v) is 20.5. The number of hydrogen-bond donors (Lipinski definition) is 3. The minimum absolute atomic E-state index is 0. The number of rotatable bonds is 11. The van der Waals surface area contributed by atoms with Gasteiger partial charge < -0.3 is 25.2 Å². The first-order chi connectivity index (χ1) is 13.5. The highest BCUT2D eigenvalue weighted by Gasteiger charge is 2.24. The molecular formula is C21H32IN3O3S. The van der Waals surface area contributed by atoms with Gasteiger partial charge in [0.05, 0.1) is 19.7 Å². The van der Waals surface area contributed by atoms with E-state index < -0.39 is 5.60 Å². The summed E-state index contributed by atoms with van der Waals surface area (Å²) < 4.78 is 10.8. The van der Waals surface area contributed by atoms with Gasteiger partial charge in [-0.3, -0.25) is 0 Å². The monoisotopic (exact) mass is 533 g/mol. The molecule has 0 aliphatic carbocycles. The Hall–Kier alpha value is -1.36. The van der Waals surface area contributed by atoms with E-state index in [4.69, 9.17) is 9.47 Å². The van der Waals surface area contributed by atoms with Crippen molar-refractivity contribution in [3.05, 3.63) is 52.2 Å². The molecule has 0 aliphatic rings. The van der Waals surface area contributed by atoms with Gasteiger partial charge in [0.1, 0.15) is 11.4 Å². The van der Waals surface area contributed by atoms with E-state index in [9.17, 15) is 5.11 Å². The van der Waals surface area contributed by atoms with E-state index in [2.05, 4.69) is 15.6 Å². The molecule has 2 aromatic rings. The third-order valence-corrected chi connectivity index (χ3v) is 5.20. The summed E-state index contributed by atoms with van der Waals surface area (Å²) in [6, 6.07) is 11.8. The summed E-state index contributed by atoms with van der Waals surface area (Å²) in [7, 11) is 1.69. The molecule has 8 heteroatoms. The average Bonchev–Trinajstić information content (AvgIpc) is 3.24. The van der Waals surface area contributed by atoms with Crippen molar-refractivity contribution in [3.8, 4) is 5.75 Å². The Labute approximate surface area is 194 Å². The van der Waals surface area contributed by atoms with E-state index in [1.54, 1.807) is 25.4 Å². The molecule has 0 saturated carbocycles. The minimum Gasteiger partial charge on any atom is -0.493 e. The molecule has 0 radical (unpaired) electrons. The van der Waals surface area contributed by atoms with Crippen LogP contribution >= 0.6 is 35.3 Å². The molecule has 0 spiro atoms. The molecule has 0 aliphatic heterocycles. The number of aliphatic hydroxyl groups is 1. The molecule has 3 N–H and O–H groups in total. The fraction of sp³-hybridized carbons (Fsp3) is 0.476. The SMILES string of the molecule is CCNC(=NCc1cccc(OCCCOC)c1)NCC(C)(O)c1cccs1.I. The Balaban J connectivity index is 0.00000420. The number of nitrogens with zero attached hydrogens (tertiary/aromatic N) is 1. The van der Waals surface area contributed by atoms with Crippen LogP contribution in [0.5, 0.6) is 5.75 Å². The first kappa shape index (κ1) is 25.7. The lowest BCUT2D eigenvalue weighted by Crippen LogP contribution is -2.44. The smallest absolute Gasteiger partial charge is 0.191 e. The molecule has 6 nitrogen and oxygen atoms in total. The van der Waals surface area contributed by atoms with Gasteiger partial charge in [0.25, 0.3) is 0 Å². The molecule has 0 amide bonds. The second-order valence-electron chi connectivity index (χ2n) is 6.64. The molecule has 2 rings (SSSR count). The second kappa shape index (κ2) is 13.8. The summed E-state index contributed by atoms with van der Waals surface area (Å²) >= 11 is 1.54. The van der Waals surface area contributed by atoms with Gasteiger partial charge in [-0.25, -0.2) is 4.99 Å². The van der Waals surface area contributed by atoms with Gasteiger partial charge in [0.15, 0.2) is 5.96 Å². The second-order valence-corrected chi connectivity index (χ2v) is 7.59. The number of halogens is 1. The van der Waals surface area contributed by atoms with Gasteiger partial charge in [-0.15, -0.1) is 35.3 Å². The van der Waals surface area contributed by atoms with Crippen LogP contribution in [0.2, 0.25) is 0 Å². The van der Waals surface area contributed by atoms with Crippen LogP contribution in [0.1, 0.15) is 30.7 Å². The first-order valence-electron chi connectivity index (χ1n) is 9.54. The van der Waals surface area contributed by atoms with E-state index in [1.165, 1.54) is 0 Å². The van der Waals surface area contributed by atoms with E-state index >= 15 is 0 Å². The topological polar surface area (TPSA) is 75.1 Å². The largest absolute Gasteiger partial charge is 0.493 e. The van der Waals surface area contributed by atoms with Crippen molar-refractivity contribution in [1.82, 2.24) is 10.6 Å². The number of methoxy groups -OCH3 is 1. The van der Waals surface area contributed by atoms with Crippen molar-refractivity contribution in [2.24, 2.45) is 4.99 Å². The fourth-order valence-corrected chi connectivity index (χ4v) is 3.35. The quantitative estimate of drug-likeness (QED) is 0.178. The predicted molar refractivity (Wildman–Crippen MR) is 131 cm³/mol. The average molecular weight is 533 g/mol. The number of benzene rings is 1. The van der Waals surface area contributed by atoms with Crippen LogP contribution in [-0.4, -0.2) is 44.5 Å². The van der Waals surface area contributed by atoms with Gasteiger partial charge in [-0.2, -0.15) is 0 Å². The number of nitrogens with one attached hydrogen (secondary N) is 2. The van der Waals surface area contributed by atoms with Crippen LogP contribution in [-0.2, 0) is 16.9 Å². The molecule has 0 saturated heterocycles. The molecule has 162 valence electrons. The lowest BCUT2D eigenvalue weighted by atomic mass is 10.1. The molecule has 1 heterocycles. The zero-order valence-electron chi connectivity index (χ0n) is 17.3. The number of aliphatic imine (C=N–C) groups is 1. The van der Waals surface area contributed by atoms with E-state index in [0.29, 0.717) is 32.3 Å². The van der Waals surface area contributed by atoms with Gasteiger partial charge >= 0.3 is 0 Å². The Bertz CT molecular complexity index is 724. The zero-order chi connectivity index (χ0) is 20.2. The predicted octanol–water partition coefficient (Wildman–Crippen LogP) is 3.74. The maximum Gasteiger partial charge on any atom is 0.191 e. The highest BCUT2D eigenvalue weighted by atomic mass is 127. The Morgan fingerprint density at radius 1 is 1.21 bits per heavy atom. The summed E-state index contributed by atoms with van der Waals surface area (Å²) in [5.74, 6) is 1.51. The lowest BCUT2D eigenvalue weighted by Gasteiger charge is -2.23. The lowest BCUT2D eigenvalue weighted by molar-refractivity contribution is 0.0655. The van der Waals surface area contributed by atoms with Crippen molar-refractivity contribution >= 4 is 41.3 Å². The van der Waals surface area contributed by atoms with Gasteiger partial charge in [-0.05, 0) is 43.0 Å². The third kappa shape index (κ3) is 9.33. The van der Waals surface area contributed by atoms with Gasteiger partial charge in [0, 0.05) is 31.6 Å². The third-order valence-electron chi connectivity index (χ3n) is 4.08. The fourth-order valence-electron chi connectivity index (χ4n) is 2.57. The van der Waals surface area contributed by atoms with Crippen LogP contribution < -0.4 is 15.4 Å². The van der Waals surface area contributed by atoms with Gasteiger partial charge in [-0.1, -0.05) is 18.2 Å². The van der Waals surface area contributed by atoms with Crippen molar-refractivity contribution in [2.75, 3.05) is 33.4 Å². The van der Waals surface area contributed by atoms with Gasteiger partial charge in [0.2, 0.25) is 0 Å². The molecule has 0 fully saturated rings. The van der Waals surface area contributed by atoms with E-state index in [0.717, 1.165) is 29.2 Å². The summed E-state index contributed by atoms with van der Waals surface area (Å²) in [6.45, 7) is 6.78. The number of ether oxygens (including phenoxy) is 2. The summed E-state index contributed by atoms with van der Waals surface area (Å²) in [4.78, 5) is 5.56. The van der Waals surface area contributed by atoms with Crippen molar-refractivity contribution in [3.63, 3.8) is 0 Å². The molecule has 29 heavy (non-hydrogen) atoms.